The van der Waals surface area contributed by atoms with Crippen molar-refractivity contribution >= 4 is 16.6 Å². The van der Waals surface area contributed by atoms with Crippen LogP contribution in [-0.4, -0.2) is 12.1 Å². The van der Waals surface area contributed by atoms with Gasteiger partial charge in [-0.2, -0.15) is 0 Å². The molecule has 0 bridgehead atoms. The quantitative estimate of drug-likeness (QED) is 0.767. The van der Waals surface area contributed by atoms with E-state index >= 15 is 0 Å². The second kappa shape index (κ2) is 5.83. The first kappa shape index (κ1) is 13.4. The molecule has 1 unspecified atom stereocenters. The zero-order valence-corrected chi connectivity index (χ0v) is 12.2. The minimum absolute atomic E-state index is 0.225. The predicted octanol–water partition coefficient (Wildman–Crippen LogP) is 4.42. The number of hydrogen-bond donors (Lipinski definition) is 1. The Morgan fingerprint density at radius 2 is 1.81 bits per heavy atom. The fourth-order valence-electron chi connectivity index (χ4n) is 2.50. The average Bonchev–Trinajstić information content (AvgIpc) is 2.55. The molecule has 2 aromatic carbocycles. The van der Waals surface area contributed by atoms with E-state index in [1.807, 2.05) is 30.5 Å². The Kier molecular flexibility index (Phi) is 3.73. The maximum Gasteiger partial charge on any atom is 0.145 e. The number of rotatable bonds is 4. The Hall–Kier alpha value is -2.55. The lowest BCUT2D eigenvalue weighted by atomic mass is 10.1. The molecule has 0 radical (unpaired) electrons. The van der Waals surface area contributed by atoms with E-state index in [4.69, 9.17) is 4.74 Å². The van der Waals surface area contributed by atoms with Gasteiger partial charge in [-0.05, 0) is 24.6 Å². The van der Waals surface area contributed by atoms with Crippen molar-refractivity contribution in [2.75, 3.05) is 12.4 Å². The number of nitrogens with one attached hydrogen (secondary N) is 1. The molecule has 0 aliphatic heterocycles. The average molecular weight is 278 g/mol. The number of benzene rings is 2. The standard InChI is InChI=1S/C18H18N2O/c1-13(14-7-4-3-5-8-14)20-16-11-12-19-18-15(16)9-6-10-17(18)21-2/h3-13H,1-2H3,(H,19,20). The smallest absolute Gasteiger partial charge is 0.145 e. The number of para-hydroxylation sites is 1. The third kappa shape index (κ3) is 2.68. The first-order chi connectivity index (χ1) is 10.3. The molecule has 21 heavy (non-hydrogen) atoms. The van der Waals surface area contributed by atoms with Gasteiger partial charge in [0, 0.05) is 23.3 Å². The molecule has 1 heterocycles. The fourth-order valence-corrected chi connectivity index (χ4v) is 2.50. The van der Waals surface area contributed by atoms with E-state index in [0.29, 0.717) is 0 Å². The van der Waals surface area contributed by atoms with E-state index < -0.39 is 0 Å². The summed E-state index contributed by atoms with van der Waals surface area (Å²) >= 11 is 0. The summed E-state index contributed by atoms with van der Waals surface area (Å²) in [6.45, 7) is 2.15. The molecule has 0 saturated carbocycles. The third-order valence-electron chi connectivity index (χ3n) is 3.63. The Balaban J connectivity index is 1.98. The number of pyridine rings is 1. The molecule has 0 saturated heterocycles. The highest BCUT2D eigenvalue weighted by Crippen LogP contribution is 2.30. The van der Waals surface area contributed by atoms with E-state index in [2.05, 4.69) is 47.6 Å². The van der Waals surface area contributed by atoms with Crippen LogP contribution < -0.4 is 10.1 Å². The van der Waals surface area contributed by atoms with Crippen molar-refractivity contribution in [2.24, 2.45) is 0 Å². The second-order valence-corrected chi connectivity index (χ2v) is 4.99. The van der Waals surface area contributed by atoms with Crippen molar-refractivity contribution in [3.05, 3.63) is 66.4 Å². The zero-order chi connectivity index (χ0) is 14.7. The van der Waals surface area contributed by atoms with Gasteiger partial charge < -0.3 is 10.1 Å². The Morgan fingerprint density at radius 1 is 1.00 bits per heavy atom. The summed E-state index contributed by atoms with van der Waals surface area (Å²) in [5, 5.41) is 4.63. The lowest BCUT2D eigenvalue weighted by Gasteiger charge is -2.17. The number of nitrogens with zero attached hydrogens (tertiary/aromatic N) is 1. The van der Waals surface area contributed by atoms with Crippen molar-refractivity contribution in [3.63, 3.8) is 0 Å². The Labute approximate surface area is 124 Å². The van der Waals surface area contributed by atoms with E-state index in [1.165, 1.54) is 5.56 Å². The first-order valence-electron chi connectivity index (χ1n) is 7.03. The van der Waals surface area contributed by atoms with Gasteiger partial charge in [0.05, 0.1) is 7.11 Å². The van der Waals surface area contributed by atoms with E-state index in [-0.39, 0.29) is 6.04 Å². The summed E-state index contributed by atoms with van der Waals surface area (Å²) in [7, 11) is 1.67. The SMILES string of the molecule is COc1cccc2c(NC(C)c3ccccc3)ccnc12. The van der Waals surface area contributed by atoms with Gasteiger partial charge in [-0.15, -0.1) is 0 Å². The van der Waals surface area contributed by atoms with Gasteiger partial charge >= 0.3 is 0 Å². The zero-order valence-electron chi connectivity index (χ0n) is 12.2. The third-order valence-corrected chi connectivity index (χ3v) is 3.63. The van der Waals surface area contributed by atoms with E-state index in [0.717, 1.165) is 22.3 Å². The van der Waals surface area contributed by atoms with Crippen LogP contribution in [0.15, 0.2) is 60.8 Å². The Morgan fingerprint density at radius 3 is 2.57 bits per heavy atom. The number of methoxy groups -OCH3 is 1. The van der Waals surface area contributed by atoms with Crippen LogP contribution in [0.3, 0.4) is 0 Å². The molecular weight excluding hydrogens is 260 g/mol. The van der Waals surface area contributed by atoms with Crippen molar-refractivity contribution in [1.82, 2.24) is 4.98 Å². The molecule has 3 heteroatoms. The van der Waals surface area contributed by atoms with Crippen molar-refractivity contribution in [2.45, 2.75) is 13.0 Å². The summed E-state index contributed by atoms with van der Waals surface area (Å²) in [5.41, 5.74) is 3.20. The summed E-state index contributed by atoms with van der Waals surface area (Å²) < 4.78 is 5.38. The van der Waals surface area contributed by atoms with Gasteiger partial charge in [0.1, 0.15) is 11.3 Å². The Bertz CT molecular complexity index is 741. The van der Waals surface area contributed by atoms with Crippen molar-refractivity contribution < 1.29 is 4.74 Å². The molecular formula is C18H18N2O. The molecule has 0 aliphatic carbocycles. The molecule has 0 fully saturated rings. The number of hydrogen-bond acceptors (Lipinski definition) is 3. The topological polar surface area (TPSA) is 34.1 Å². The molecule has 1 aromatic heterocycles. The van der Waals surface area contributed by atoms with Crippen LogP contribution in [0.25, 0.3) is 10.9 Å². The highest BCUT2D eigenvalue weighted by molar-refractivity contribution is 5.94. The molecule has 3 nitrogen and oxygen atoms in total. The molecule has 0 aliphatic rings. The highest BCUT2D eigenvalue weighted by Gasteiger charge is 2.09. The van der Waals surface area contributed by atoms with Crippen LogP contribution in [0.2, 0.25) is 0 Å². The number of ether oxygens (including phenoxy) is 1. The molecule has 3 rings (SSSR count). The highest BCUT2D eigenvalue weighted by atomic mass is 16.5. The van der Waals surface area contributed by atoms with Crippen molar-refractivity contribution in [3.8, 4) is 5.75 Å². The molecule has 1 atom stereocenters. The van der Waals surface area contributed by atoms with Crippen LogP contribution >= 0.6 is 0 Å². The number of aromatic nitrogens is 1. The summed E-state index contributed by atoms with van der Waals surface area (Å²) in [6, 6.07) is 18.6. The second-order valence-electron chi connectivity index (χ2n) is 4.99. The summed E-state index contributed by atoms with van der Waals surface area (Å²) in [5.74, 6) is 0.795. The molecule has 0 spiro atoms. The maximum absolute atomic E-state index is 5.38. The lowest BCUT2D eigenvalue weighted by Crippen LogP contribution is -2.07. The van der Waals surface area contributed by atoms with Gasteiger partial charge in [0.2, 0.25) is 0 Å². The first-order valence-corrected chi connectivity index (χ1v) is 7.03. The minimum Gasteiger partial charge on any atom is -0.494 e. The van der Waals surface area contributed by atoms with Gasteiger partial charge in [-0.3, -0.25) is 4.98 Å². The molecule has 106 valence electrons. The lowest BCUT2D eigenvalue weighted by molar-refractivity contribution is 0.419. The van der Waals surface area contributed by atoms with Crippen LogP contribution in [0.5, 0.6) is 5.75 Å². The molecule has 0 amide bonds. The minimum atomic E-state index is 0.225. The van der Waals surface area contributed by atoms with Crippen molar-refractivity contribution in [1.29, 1.82) is 0 Å². The van der Waals surface area contributed by atoms with Crippen LogP contribution in [-0.2, 0) is 0 Å². The van der Waals surface area contributed by atoms with Gasteiger partial charge in [0.25, 0.3) is 0 Å². The van der Waals surface area contributed by atoms with Gasteiger partial charge in [-0.1, -0.05) is 42.5 Å². The maximum atomic E-state index is 5.38. The van der Waals surface area contributed by atoms with Gasteiger partial charge in [-0.25, -0.2) is 0 Å². The van der Waals surface area contributed by atoms with E-state index in [1.54, 1.807) is 7.11 Å². The fraction of sp³-hybridized carbons (Fsp3) is 0.167. The number of anilines is 1. The largest absolute Gasteiger partial charge is 0.494 e. The van der Waals surface area contributed by atoms with Crippen LogP contribution in [0.4, 0.5) is 5.69 Å². The van der Waals surface area contributed by atoms with E-state index in [9.17, 15) is 0 Å². The van der Waals surface area contributed by atoms with Crippen LogP contribution in [0.1, 0.15) is 18.5 Å². The predicted molar refractivity (Wildman–Crippen MR) is 86.8 cm³/mol. The summed E-state index contributed by atoms with van der Waals surface area (Å²) in [6.07, 6.45) is 1.81. The normalized spacial score (nSPS) is 12.1. The molecule has 3 aromatic rings. The molecule has 1 N–H and O–H groups in total. The van der Waals surface area contributed by atoms with Crippen LogP contribution in [0, 0.1) is 0 Å². The van der Waals surface area contributed by atoms with Gasteiger partial charge in [0.15, 0.2) is 0 Å². The summed E-state index contributed by atoms with van der Waals surface area (Å²) in [4.78, 5) is 4.43. The number of fused-ring (bicyclic) bond motifs is 1. The monoisotopic (exact) mass is 278 g/mol.